The number of β-amino-alcohol motifs (C(OH)–C–C–N with tert-alkyl or cyclic N) is 1. The Labute approximate surface area is 161 Å². The molecule has 142 valence electrons. The van der Waals surface area contributed by atoms with Crippen molar-refractivity contribution in [3.05, 3.63) is 40.9 Å². The first-order valence-electron chi connectivity index (χ1n) is 8.50. The first-order valence-corrected chi connectivity index (χ1v) is 10.3. The van der Waals surface area contributed by atoms with Crippen LogP contribution in [0, 0.1) is 6.92 Å². The molecular weight excluding hydrogens is 388 g/mol. The molecule has 0 radical (unpaired) electrons. The standard InChI is InChI=1S/C18H19ClN4O3S/c1-10-13(4-5-16-17(10)18(20)22-21-16)14-3-2-12(8-15(14)19)27(25,26)23-7-6-11(24)9-23/h2-5,8,11,24H,6-7,9H2,1H3,(H3,20,21,22)/t11-/m1/s1. The van der Waals surface area contributed by atoms with Crippen molar-refractivity contribution in [3.63, 3.8) is 0 Å². The van der Waals surface area contributed by atoms with Crippen molar-refractivity contribution in [2.24, 2.45) is 0 Å². The Bertz CT molecular complexity index is 1140. The third kappa shape index (κ3) is 2.98. The van der Waals surface area contributed by atoms with Gasteiger partial charge in [-0.2, -0.15) is 9.40 Å². The zero-order valence-corrected chi connectivity index (χ0v) is 16.2. The van der Waals surface area contributed by atoms with E-state index >= 15 is 0 Å². The number of sulfonamides is 1. The summed E-state index contributed by atoms with van der Waals surface area (Å²) < 4.78 is 26.8. The molecule has 1 fully saturated rings. The molecule has 2 aromatic carbocycles. The lowest BCUT2D eigenvalue weighted by atomic mass is 9.97. The Morgan fingerprint density at radius 2 is 2.04 bits per heavy atom. The van der Waals surface area contributed by atoms with Crippen molar-refractivity contribution < 1.29 is 13.5 Å². The van der Waals surface area contributed by atoms with Crippen LogP contribution in [0.4, 0.5) is 5.82 Å². The molecule has 0 bridgehead atoms. The Morgan fingerprint density at radius 1 is 1.30 bits per heavy atom. The number of nitrogens with zero attached hydrogens (tertiary/aromatic N) is 2. The summed E-state index contributed by atoms with van der Waals surface area (Å²) in [5, 5.41) is 17.7. The molecule has 0 aliphatic carbocycles. The molecule has 4 N–H and O–H groups in total. The van der Waals surface area contributed by atoms with Crippen molar-refractivity contribution in [2.75, 3.05) is 18.8 Å². The van der Waals surface area contributed by atoms with Gasteiger partial charge in [-0.1, -0.05) is 23.7 Å². The van der Waals surface area contributed by atoms with Gasteiger partial charge in [-0.05, 0) is 42.7 Å². The van der Waals surface area contributed by atoms with Crippen molar-refractivity contribution in [3.8, 4) is 11.1 Å². The molecule has 1 atom stereocenters. The van der Waals surface area contributed by atoms with Gasteiger partial charge in [0, 0.05) is 29.1 Å². The van der Waals surface area contributed by atoms with E-state index < -0.39 is 16.1 Å². The zero-order valence-electron chi connectivity index (χ0n) is 14.6. The van der Waals surface area contributed by atoms with Crippen LogP contribution >= 0.6 is 11.6 Å². The summed E-state index contributed by atoms with van der Waals surface area (Å²) >= 11 is 6.46. The zero-order chi connectivity index (χ0) is 19.3. The van der Waals surface area contributed by atoms with Gasteiger partial charge in [0.1, 0.15) is 0 Å². The molecule has 1 saturated heterocycles. The molecule has 7 nitrogen and oxygen atoms in total. The minimum Gasteiger partial charge on any atom is -0.392 e. The quantitative estimate of drug-likeness (QED) is 0.618. The Hall–Kier alpha value is -2.13. The van der Waals surface area contributed by atoms with E-state index in [4.69, 9.17) is 17.3 Å². The summed E-state index contributed by atoms with van der Waals surface area (Å²) in [6.45, 7) is 2.34. The molecule has 2 heterocycles. The monoisotopic (exact) mass is 406 g/mol. The van der Waals surface area contributed by atoms with E-state index in [0.29, 0.717) is 23.8 Å². The van der Waals surface area contributed by atoms with Crippen LogP contribution in [0.5, 0.6) is 0 Å². The third-order valence-electron chi connectivity index (χ3n) is 5.01. The number of aliphatic hydroxyl groups is 1. The van der Waals surface area contributed by atoms with E-state index in [9.17, 15) is 13.5 Å². The summed E-state index contributed by atoms with van der Waals surface area (Å²) in [6.07, 6.45) is -0.180. The Balaban J connectivity index is 1.77. The number of nitrogens with one attached hydrogen (secondary N) is 1. The molecule has 27 heavy (non-hydrogen) atoms. The summed E-state index contributed by atoms with van der Waals surface area (Å²) in [5.74, 6) is 0.410. The summed E-state index contributed by atoms with van der Waals surface area (Å²) in [4.78, 5) is 0.118. The first kappa shape index (κ1) is 18.2. The minimum absolute atomic E-state index is 0.108. The lowest BCUT2D eigenvalue weighted by molar-refractivity contribution is 0.189. The van der Waals surface area contributed by atoms with E-state index in [1.807, 2.05) is 19.1 Å². The molecule has 0 unspecified atom stereocenters. The van der Waals surface area contributed by atoms with E-state index in [-0.39, 0.29) is 11.4 Å². The van der Waals surface area contributed by atoms with Crippen molar-refractivity contribution >= 4 is 38.3 Å². The Morgan fingerprint density at radius 3 is 2.70 bits per heavy atom. The normalized spacial score (nSPS) is 18.4. The molecule has 3 aromatic rings. The van der Waals surface area contributed by atoms with Gasteiger partial charge in [-0.15, -0.1) is 0 Å². The second-order valence-corrected chi connectivity index (χ2v) is 9.06. The maximum absolute atomic E-state index is 12.8. The second kappa shape index (κ2) is 6.49. The number of rotatable bonds is 3. The number of nitrogen functional groups attached to an aromatic ring is 1. The summed E-state index contributed by atoms with van der Waals surface area (Å²) in [6, 6.07) is 8.48. The van der Waals surface area contributed by atoms with Crippen LogP contribution in [-0.4, -0.2) is 47.2 Å². The molecule has 1 aliphatic heterocycles. The van der Waals surface area contributed by atoms with Gasteiger partial charge in [0.05, 0.1) is 16.5 Å². The topological polar surface area (TPSA) is 112 Å². The molecule has 0 spiro atoms. The highest BCUT2D eigenvalue weighted by atomic mass is 35.5. The number of aliphatic hydroxyl groups excluding tert-OH is 1. The van der Waals surface area contributed by atoms with Crippen LogP contribution in [0.3, 0.4) is 0 Å². The fourth-order valence-electron chi connectivity index (χ4n) is 3.56. The summed E-state index contributed by atoms with van der Waals surface area (Å²) in [7, 11) is -3.68. The van der Waals surface area contributed by atoms with Crippen LogP contribution in [0.1, 0.15) is 12.0 Å². The highest BCUT2D eigenvalue weighted by Gasteiger charge is 2.32. The number of aromatic nitrogens is 2. The molecule has 0 amide bonds. The van der Waals surface area contributed by atoms with Crippen LogP contribution in [0.2, 0.25) is 5.02 Å². The third-order valence-corrected chi connectivity index (χ3v) is 7.19. The van der Waals surface area contributed by atoms with E-state index in [1.54, 1.807) is 12.1 Å². The van der Waals surface area contributed by atoms with E-state index in [1.165, 1.54) is 10.4 Å². The van der Waals surface area contributed by atoms with Crippen molar-refractivity contribution in [1.29, 1.82) is 0 Å². The Kier molecular flexibility index (Phi) is 4.38. The first-order chi connectivity index (χ1) is 12.8. The largest absolute Gasteiger partial charge is 0.392 e. The number of aryl methyl sites for hydroxylation is 1. The second-order valence-electron chi connectivity index (χ2n) is 6.72. The lowest BCUT2D eigenvalue weighted by Crippen LogP contribution is -2.29. The average molecular weight is 407 g/mol. The van der Waals surface area contributed by atoms with Gasteiger partial charge >= 0.3 is 0 Å². The molecule has 1 aromatic heterocycles. The number of aromatic amines is 1. The average Bonchev–Trinajstić information content (AvgIpc) is 3.22. The maximum Gasteiger partial charge on any atom is 0.243 e. The maximum atomic E-state index is 12.8. The van der Waals surface area contributed by atoms with Gasteiger partial charge < -0.3 is 10.8 Å². The number of benzene rings is 2. The minimum atomic E-state index is -3.68. The highest BCUT2D eigenvalue weighted by Crippen LogP contribution is 2.36. The number of nitrogens with two attached hydrogens (primary N) is 1. The van der Waals surface area contributed by atoms with E-state index in [2.05, 4.69) is 10.2 Å². The van der Waals surface area contributed by atoms with Gasteiger partial charge in [0.2, 0.25) is 10.0 Å². The summed E-state index contributed by atoms with van der Waals surface area (Å²) in [5.41, 5.74) is 9.27. The van der Waals surface area contributed by atoms with Crippen LogP contribution in [-0.2, 0) is 10.0 Å². The van der Waals surface area contributed by atoms with Crippen LogP contribution in [0.15, 0.2) is 35.2 Å². The predicted octanol–water partition coefficient (Wildman–Crippen LogP) is 2.53. The van der Waals surface area contributed by atoms with Gasteiger partial charge in [-0.3, -0.25) is 5.10 Å². The highest BCUT2D eigenvalue weighted by molar-refractivity contribution is 7.89. The molecule has 4 rings (SSSR count). The lowest BCUT2D eigenvalue weighted by Gasteiger charge is -2.17. The van der Waals surface area contributed by atoms with Crippen LogP contribution < -0.4 is 5.73 Å². The fourth-order valence-corrected chi connectivity index (χ4v) is 5.42. The molecular formula is C18H19ClN4O3S. The molecule has 0 saturated carbocycles. The number of anilines is 1. The number of hydrogen-bond acceptors (Lipinski definition) is 5. The van der Waals surface area contributed by atoms with Crippen LogP contribution in [0.25, 0.3) is 22.0 Å². The number of halogens is 1. The number of fused-ring (bicyclic) bond motifs is 1. The fraction of sp³-hybridized carbons (Fsp3) is 0.278. The molecule has 9 heteroatoms. The van der Waals surface area contributed by atoms with E-state index in [0.717, 1.165) is 27.6 Å². The molecule has 1 aliphatic rings. The van der Waals surface area contributed by atoms with Gasteiger partial charge in [0.25, 0.3) is 0 Å². The van der Waals surface area contributed by atoms with Gasteiger partial charge in [0.15, 0.2) is 5.82 Å². The van der Waals surface area contributed by atoms with Crippen molar-refractivity contribution in [2.45, 2.75) is 24.3 Å². The SMILES string of the molecule is Cc1c(-c2ccc(S(=O)(=O)N3CC[C@@H](O)C3)cc2Cl)ccc2[nH]nc(N)c12. The van der Waals surface area contributed by atoms with Gasteiger partial charge in [-0.25, -0.2) is 8.42 Å². The smallest absolute Gasteiger partial charge is 0.243 e. The number of H-pyrrole nitrogens is 1. The predicted molar refractivity (Wildman–Crippen MR) is 105 cm³/mol. The van der Waals surface area contributed by atoms with Crippen molar-refractivity contribution in [1.82, 2.24) is 14.5 Å². The number of hydrogen-bond donors (Lipinski definition) is 3.